The van der Waals surface area contributed by atoms with Gasteiger partial charge in [-0.05, 0) is 38.0 Å². The number of hydrogen-bond donors (Lipinski definition) is 0. The Bertz CT molecular complexity index is 1260. The fourth-order valence-electron chi connectivity index (χ4n) is 2.84. The van der Waals surface area contributed by atoms with Crippen LogP contribution in [0, 0.1) is 20.8 Å². The third kappa shape index (κ3) is 2.95. The first-order chi connectivity index (χ1) is 12.9. The van der Waals surface area contributed by atoms with Gasteiger partial charge in [-0.15, -0.1) is 5.10 Å². The number of aromatic nitrogens is 4. The number of hydrogen-bond acceptors (Lipinski definition) is 7. The highest BCUT2D eigenvalue weighted by molar-refractivity contribution is 5.87. The quantitative estimate of drug-likeness (QED) is 0.407. The molecule has 3 aromatic heterocycles. The molecule has 0 aliphatic carbocycles. The van der Waals surface area contributed by atoms with E-state index in [2.05, 4.69) is 15.1 Å². The molecule has 0 atom stereocenters. The Kier molecular flexibility index (Phi) is 3.95. The lowest BCUT2D eigenvalue weighted by molar-refractivity contribution is 0.0459. The van der Waals surface area contributed by atoms with Crippen molar-refractivity contribution in [1.29, 1.82) is 0 Å². The molecule has 0 aliphatic rings. The van der Waals surface area contributed by atoms with E-state index in [4.69, 9.17) is 9.15 Å². The topological polar surface area (TPSA) is 99.6 Å². The zero-order valence-electron chi connectivity index (χ0n) is 15.0. The molecule has 0 saturated heterocycles. The van der Waals surface area contributed by atoms with Gasteiger partial charge in [0.2, 0.25) is 0 Å². The molecule has 0 bridgehead atoms. The van der Waals surface area contributed by atoms with Crippen LogP contribution in [0.25, 0.3) is 16.7 Å². The van der Waals surface area contributed by atoms with Crippen LogP contribution in [0.4, 0.5) is 0 Å². The van der Waals surface area contributed by atoms with Gasteiger partial charge in [0.15, 0.2) is 0 Å². The molecule has 0 spiro atoms. The van der Waals surface area contributed by atoms with Crippen molar-refractivity contribution >= 4 is 22.7 Å². The van der Waals surface area contributed by atoms with E-state index < -0.39 is 11.6 Å². The second kappa shape index (κ2) is 6.31. The summed E-state index contributed by atoms with van der Waals surface area (Å²) < 4.78 is 12.1. The summed E-state index contributed by atoms with van der Waals surface area (Å²) in [4.78, 5) is 32.4. The minimum Gasteiger partial charge on any atom is -0.455 e. The van der Waals surface area contributed by atoms with Gasteiger partial charge in [-0.2, -0.15) is 4.98 Å². The molecule has 0 amide bonds. The van der Waals surface area contributed by atoms with Crippen LogP contribution in [-0.4, -0.2) is 25.6 Å². The number of ether oxygens (including phenoxy) is 1. The number of nitrogens with zero attached hydrogens (tertiary/aromatic N) is 4. The van der Waals surface area contributed by atoms with E-state index >= 15 is 0 Å². The number of esters is 1. The molecular formula is C19H16N4O4. The Morgan fingerprint density at radius 3 is 2.81 bits per heavy atom. The number of fused-ring (bicyclic) bond motifs is 2. The second-order valence-corrected chi connectivity index (χ2v) is 6.28. The van der Waals surface area contributed by atoms with Gasteiger partial charge in [0.25, 0.3) is 11.6 Å². The lowest BCUT2D eigenvalue weighted by atomic mass is 10.0. The Labute approximate surface area is 153 Å². The molecule has 0 aliphatic heterocycles. The number of aryl methyl sites for hydroxylation is 3. The summed E-state index contributed by atoms with van der Waals surface area (Å²) in [6, 6.07) is 6.87. The van der Waals surface area contributed by atoms with E-state index in [0.717, 1.165) is 22.2 Å². The van der Waals surface area contributed by atoms with Gasteiger partial charge in [0.1, 0.15) is 12.2 Å². The van der Waals surface area contributed by atoms with Crippen molar-refractivity contribution in [1.82, 2.24) is 19.6 Å². The van der Waals surface area contributed by atoms with Crippen molar-refractivity contribution in [2.75, 3.05) is 0 Å². The summed E-state index contributed by atoms with van der Waals surface area (Å²) in [7, 11) is 0. The Balaban J connectivity index is 1.64. The maximum absolute atomic E-state index is 12.4. The highest BCUT2D eigenvalue weighted by Crippen LogP contribution is 2.23. The molecule has 27 heavy (non-hydrogen) atoms. The van der Waals surface area contributed by atoms with Crippen LogP contribution in [0.2, 0.25) is 0 Å². The molecular weight excluding hydrogens is 348 g/mol. The molecule has 0 saturated carbocycles. The first-order valence-electron chi connectivity index (χ1n) is 8.32. The van der Waals surface area contributed by atoms with Gasteiger partial charge < -0.3 is 9.15 Å². The lowest BCUT2D eigenvalue weighted by Gasteiger charge is -2.09. The van der Waals surface area contributed by atoms with Gasteiger partial charge in [0.05, 0.1) is 0 Å². The van der Waals surface area contributed by atoms with Crippen LogP contribution in [0.3, 0.4) is 0 Å². The molecule has 8 nitrogen and oxygen atoms in total. The lowest BCUT2D eigenvalue weighted by Crippen LogP contribution is -2.10. The van der Waals surface area contributed by atoms with Gasteiger partial charge >= 0.3 is 11.6 Å². The first kappa shape index (κ1) is 16.9. The monoisotopic (exact) mass is 364 g/mol. The van der Waals surface area contributed by atoms with Crippen molar-refractivity contribution in [3.63, 3.8) is 0 Å². The molecule has 3 heterocycles. The first-order valence-corrected chi connectivity index (χ1v) is 8.32. The summed E-state index contributed by atoms with van der Waals surface area (Å²) in [5, 5.41) is 4.85. The maximum atomic E-state index is 12.4. The van der Waals surface area contributed by atoms with Crippen LogP contribution in [0.1, 0.15) is 33.0 Å². The SMILES string of the molecule is Cc1ccc2c(COC(=O)c3nc4nccc(C)n4n3)cc(=O)oc2c1C. The van der Waals surface area contributed by atoms with Crippen LogP contribution >= 0.6 is 0 Å². The van der Waals surface area contributed by atoms with E-state index in [0.29, 0.717) is 16.9 Å². The Morgan fingerprint density at radius 1 is 1.22 bits per heavy atom. The summed E-state index contributed by atoms with van der Waals surface area (Å²) in [5.74, 6) is -0.458. The zero-order chi connectivity index (χ0) is 19.1. The van der Waals surface area contributed by atoms with Crippen molar-refractivity contribution in [3.05, 3.63) is 69.1 Å². The highest BCUT2D eigenvalue weighted by Gasteiger charge is 2.17. The smallest absolute Gasteiger partial charge is 0.378 e. The minimum atomic E-state index is -0.690. The summed E-state index contributed by atoms with van der Waals surface area (Å²) >= 11 is 0. The van der Waals surface area contributed by atoms with Crippen molar-refractivity contribution < 1.29 is 13.9 Å². The standard InChI is InChI=1S/C19H16N4O4/c1-10-4-5-14-13(8-15(24)27-16(14)12(10)3)9-26-18(25)17-21-19-20-7-6-11(2)23(19)22-17/h4-8H,9H2,1-3H3. The van der Waals surface area contributed by atoms with E-state index in [1.807, 2.05) is 32.9 Å². The van der Waals surface area contributed by atoms with Crippen molar-refractivity contribution in [2.45, 2.75) is 27.4 Å². The maximum Gasteiger partial charge on any atom is 0.378 e. The van der Waals surface area contributed by atoms with E-state index in [9.17, 15) is 9.59 Å². The molecule has 8 heteroatoms. The fourth-order valence-corrected chi connectivity index (χ4v) is 2.84. The van der Waals surface area contributed by atoms with Gasteiger partial charge in [-0.25, -0.2) is 19.1 Å². The Morgan fingerprint density at radius 2 is 2.04 bits per heavy atom. The zero-order valence-corrected chi connectivity index (χ0v) is 15.0. The Hall–Kier alpha value is -3.55. The third-order valence-electron chi connectivity index (χ3n) is 4.49. The van der Waals surface area contributed by atoms with Crippen LogP contribution < -0.4 is 5.63 Å². The number of benzene rings is 1. The molecule has 4 rings (SSSR count). The average Bonchev–Trinajstić information content (AvgIpc) is 3.09. The van der Waals surface area contributed by atoms with E-state index in [-0.39, 0.29) is 12.4 Å². The van der Waals surface area contributed by atoms with E-state index in [1.54, 1.807) is 12.3 Å². The average molecular weight is 364 g/mol. The number of carbonyl (C=O) groups is 1. The predicted molar refractivity (Wildman–Crippen MR) is 96.6 cm³/mol. The molecule has 136 valence electrons. The summed E-state index contributed by atoms with van der Waals surface area (Å²) in [6.45, 7) is 5.56. The molecule has 1 aromatic carbocycles. The fraction of sp³-hybridized carbons (Fsp3) is 0.211. The van der Waals surface area contributed by atoms with Crippen LogP contribution in [0.5, 0.6) is 0 Å². The van der Waals surface area contributed by atoms with Crippen LogP contribution in [-0.2, 0) is 11.3 Å². The third-order valence-corrected chi connectivity index (χ3v) is 4.49. The molecule has 0 fully saturated rings. The normalized spacial score (nSPS) is 11.2. The van der Waals surface area contributed by atoms with Gasteiger partial charge in [-0.1, -0.05) is 12.1 Å². The molecule has 0 radical (unpaired) electrons. The molecule has 4 aromatic rings. The molecule has 0 N–H and O–H groups in total. The second-order valence-electron chi connectivity index (χ2n) is 6.28. The number of rotatable bonds is 3. The van der Waals surface area contributed by atoms with Crippen LogP contribution in [0.15, 0.2) is 39.7 Å². The van der Waals surface area contributed by atoms with Crippen molar-refractivity contribution in [3.8, 4) is 0 Å². The molecule has 0 unspecified atom stereocenters. The summed E-state index contributed by atoms with van der Waals surface area (Å²) in [6.07, 6.45) is 1.59. The largest absolute Gasteiger partial charge is 0.455 e. The van der Waals surface area contributed by atoms with Crippen molar-refractivity contribution in [2.24, 2.45) is 0 Å². The van der Waals surface area contributed by atoms with E-state index in [1.165, 1.54) is 10.6 Å². The van der Waals surface area contributed by atoms with Gasteiger partial charge in [-0.3, -0.25) is 0 Å². The summed E-state index contributed by atoms with van der Waals surface area (Å²) in [5.41, 5.74) is 3.25. The predicted octanol–water partition coefficient (Wildman–Crippen LogP) is 2.51. The number of carbonyl (C=O) groups excluding carboxylic acids is 1. The highest BCUT2D eigenvalue weighted by atomic mass is 16.5. The van der Waals surface area contributed by atoms with Gasteiger partial charge in [0, 0.05) is 28.9 Å². The minimum absolute atomic E-state index is 0.0869.